The Bertz CT molecular complexity index is 211. The summed E-state index contributed by atoms with van der Waals surface area (Å²) >= 11 is 1.87. The van der Waals surface area contributed by atoms with Gasteiger partial charge >= 0.3 is 0 Å². The minimum Gasteiger partial charge on any atom is -0.352 e. The zero-order chi connectivity index (χ0) is 10.5. The van der Waals surface area contributed by atoms with Gasteiger partial charge in [-0.25, -0.2) is 0 Å². The van der Waals surface area contributed by atoms with Crippen LogP contribution in [0.1, 0.15) is 32.1 Å². The van der Waals surface area contributed by atoms with Gasteiger partial charge in [0.05, 0.1) is 6.04 Å². The topological polar surface area (TPSA) is 41.1 Å². The van der Waals surface area contributed by atoms with Gasteiger partial charge in [-0.2, -0.15) is 11.8 Å². The molecule has 0 aromatic rings. The fourth-order valence-corrected chi connectivity index (χ4v) is 3.22. The van der Waals surface area contributed by atoms with E-state index in [1.807, 2.05) is 11.8 Å². The summed E-state index contributed by atoms with van der Waals surface area (Å²) in [7, 11) is 0. The minimum absolute atomic E-state index is 0.0469. The van der Waals surface area contributed by atoms with Gasteiger partial charge < -0.3 is 10.6 Å². The van der Waals surface area contributed by atoms with E-state index in [0.29, 0.717) is 6.04 Å². The molecule has 1 saturated carbocycles. The average Bonchev–Trinajstić information content (AvgIpc) is 2.31. The van der Waals surface area contributed by atoms with Crippen LogP contribution in [0.3, 0.4) is 0 Å². The molecule has 0 spiro atoms. The van der Waals surface area contributed by atoms with Crippen molar-refractivity contribution in [2.45, 2.75) is 44.2 Å². The average molecular weight is 228 g/mol. The van der Waals surface area contributed by atoms with Crippen LogP contribution in [0.2, 0.25) is 0 Å². The van der Waals surface area contributed by atoms with Crippen LogP contribution in [-0.4, -0.2) is 36.0 Å². The summed E-state index contributed by atoms with van der Waals surface area (Å²) in [6.45, 7) is 0.966. The maximum absolute atomic E-state index is 11.9. The molecule has 0 aromatic carbocycles. The first-order valence-electron chi connectivity index (χ1n) is 5.98. The molecule has 1 amide bonds. The number of nitrogens with one attached hydrogen (secondary N) is 2. The van der Waals surface area contributed by atoms with Gasteiger partial charge in [0.2, 0.25) is 5.91 Å². The Balaban J connectivity index is 1.74. The molecule has 2 aliphatic rings. The summed E-state index contributed by atoms with van der Waals surface area (Å²) in [5, 5.41) is 6.45. The van der Waals surface area contributed by atoms with Gasteiger partial charge in [0, 0.05) is 24.1 Å². The Kier molecular flexibility index (Phi) is 4.32. The lowest BCUT2D eigenvalue weighted by atomic mass is 9.95. The van der Waals surface area contributed by atoms with Gasteiger partial charge in [0.25, 0.3) is 0 Å². The molecular formula is C11H20N2OS. The predicted octanol–water partition coefficient (Wildman–Crippen LogP) is 1.14. The lowest BCUT2D eigenvalue weighted by Crippen LogP contribution is -2.51. The largest absolute Gasteiger partial charge is 0.352 e. The smallest absolute Gasteiger partial charge is 0.238 e. The fraction of sp³-hybridized carbons (Fsp3) is 0.909. The number of carbonyl (C=O) groups is 1. The van der Waals surface area contributed by atoms with Crippen molar-refractivity contribution in [2.24, 2.45) is 0 Å². The third-order valence-corrected chi connectivity index (χ3v) is 4.25. The molecule has 3 nitrogen and oxygen atoms in total. The summed E-state index contributed by atoms with van der Waals surface area (Å²) in [5.74, 6) is 2.28. The van der Waals surface area contributed by atoms with Crippen LogP contribution in [0.15, 0.2) is 0 Å². The van der Waals surface area contributed by atoms with Crippen molar-refractivity contribution in [2.75, 3.05) is 18.1 Å². The van der Waals surface area contributed by atoms with Gasteiger partial charge in [0.15, 0.2) is 0 Å². The Labute approximate surface area is 95.8 Å². The second-order valence-electron chi connectivity index (χ2n) is 4.43. The van der Waals surface area contributed by atoms with Crippen LogP contribution in [0.4, 0.5) is 0 Å². The van der Waals surface area contributed by atoms with Crippen LogP contribution in [0.25, 0.3) is 0 Å². The Morgan fingerprint density at radius 1 is 1.27 bits per heavy atom. The number of carbonyl (C=O) groups excluding carboxylic acids is 1. The maximum atomic E-state index is 11.9. The van der Waals surface area contributed by atoms with Crippen LogP contribution < -0.4 is 10.6 Å². The van der Waals surface area contributed by atoms with Crippen molar-refractivity contribution in [1.82, 2.24) is 10.6 Å². The molecule has 1 unspecified atom stereocenters. The quantitative estimate of drug-likeness (QED) is 0.745. The van der Waals surface area contributed by atoms with Gasteiger partial charge in [-0.05, 0) is 12.8 Å². The molecule has 0 radical (unpaired) electrons. The summed E-state index contributed by atoms with van der Waals surface area (Å²) in [6, 6.07) is 0.491. The summed E-state index contributed by atoms with van der Waals surface area (Å²) in [6.07, 6.45) is 6.23. The van der Waals surface area contributed by atoms with Crippen molar-refractivity contribution >= 4 is 17.7 Å². The summed E-state index contributed by atoms with van der Waals surface area (Å²) in [4.78, 5) is 11.9. The normalized spacial score (nSPS) is 28.7. The SMILES string of the molecule is O=C(NC1CCCCC1)C1CSCCN1. The maximum Gasteiger partial charge on any atom is 0.238 e. The molecule has 1 saturated heterocycles. The third-order valence-electron chi connectivity index (χ3n) is 3.19. The molecule has 4 heteroatoms. The molecule has 86 valence electrons. The highest BCUT2D eigenvalue weighted by Gasteiger charge is 2.23. The van der Waals surface area contributed by atoms with E-state index in [2.05, 4.69) is 10.6 Å². The molecule has 1 aliphatic carbocycles. The van der Waals surface area contributed by atoms with Crippen molar-refractivity contribution in [3.05, 3.63) is 0 Å². The number of thioether (sulfide) groups is 1. The van der Waals surface area contributed by atoms with Crippen molar-refractivity contribution in [3.8, 4) is 0 Å². The Hall–Kier alpha value is -0.220. The van der Waals surface area contributed by atoms with E-state index in [-0.39, 0.29) is 11.9 Å². The minimum atomic E-state index is 0.0469. The van der Waals surface area contributed by atoms with E-state index in [0.717, 1.165) is 18.1 Å². The molecule has 0 aromatic heterocycles. The van der Waals surface area contributed by atoms with Crippen molar-refractivity contribution < 1.29 is 4.79 Å². The van der Waals surface area contributed by atoms with E-state index >= 15 is 0 Å². The van der Waals surface area contributed by atoms with Crippen molar-refractivity contribution in [3.63, 3.8) is 0 Å². The lowest BCUT2D eigenvalue weighted by Gasteiger charge is -2.27. The zero-order valence-electron chi connectivity index (χ0n) is 9.13. The zero-order valence-corrected chi connectivity index (χ0v) is 9.94. The molecule has 2 fully saturated rings. The standard InChI is InChI=1S/C11H20N2OS/c14-11(10-8-15-7-6-12-10)13-9-4-2-1-3-5-9/h9-10,12H,1-8H2,(H,13,14). The van der Waals surface area contributed by atoms with E-state index in [1.165, 1.54) is 32.1 Å². The molecule has 15 heavy (non-hydrogen) atoms. The van der Waals surface area contributed by atoms with Gasteiger partial charge in [-0.15, -0.1) is 0 Å². The van der Waals surface area contributed by atoms with Gasteiger partial charge in [-0.3, -0.25) is 4.79 Å². The Morgan fingerprint density at radius 3 is 2.73 bits per heavy atom. The second kappa shape index (κ2) is 5.75. The van der Waals surface area contributed by atoms with Crippen LogP contribution in [0.5, 0.6) is 0 Å². The highest BCUT2D eigenvalue weighted by atomic mass is 32.2. The first-order valence-corrected chi connectivity index (χ1v) is 7.13. The number of amides is 1. The summed E-state index contributed by atoms with van der Waals surface area (Å²) < 4.78 is 0. The highest BCUT2D eigenvalue weighted by molar-refractivity contribution is 7.99. The monoisotopic (exact) mass is 228 g/mol. The third kappa shape index (κ3) is 3.38. The van der Waals surface area contributed by atoms with Crippen LogP contribution >= 0.6 is 11.8 Å². The van der Waals surface area contributed by atoms with Gasteiger partial charge in [-0.1, -0.05) is 19.3 Å². The molecule has 2 rings (SSSR count). The molecule has 2 N–H and O–H groups in total. The highest BCUT2D eigenvalue weighted by Crippen LogP contribution is 2.17. The number of rotatable bonds is 2. The summed E-state index contributed by atoms with van der Waals surface area (Å²) in [5.41, 5.74) is 0. The van der Waals surface area contributed by atoms with E-state index in [4.69, 9.17) is 0 Å². The van der Waals surface area contributed by atoms with Gasteiger partial charge in [0.1, 0.15) is 0 Å². The number of hydrogen-bond acceptors (Lipinski definition) is 3. The van der Waals surface area contributed by atoms with Crippen LogP contribution in [-0.2, 0) is 4.79 Å². The van der Waals surface area contributed by atoms with E-state index in [9.17, 15) is 4.79 Å². The Morgan fingerprint density at radius 2 is 2.07 bits per heavy atom. The second-order valence-corrected chi connectivity index (χ2v) is 5.57. The molecule has 1 heterocycles. The molecule has 0 bridgehead atoms. The lowest BCUT2D eigenvalue weighted by molar-refractivity contribution is -0.123. The molecule has 1 aliphatic heterocycles. The van der Waals surface area contributed by atoms with Crippen molar-refractivity contribution in [1.29, 1.82) is 0 Å². The first-order chi connectivity index (χ1) is 7.36. The predicted molar refractivity (Wildman–Crippen MR) is 64.1 cm³/mol. The molecule has 1 atom stereocenters. The molecular weight excluding hydrogens is 208 g/mol. The van der Waals surface area contributed by atoms with E-state index < -0.39 is 0 Å². The van der Waals surface area contributed by atoms with E-state index in [1.54, 1.807) is 0 Å². The van der Waals surface area contributed by atoms with Crippen LogP contribution in [0, 0.1) is 0 Å². The fourth-order valence-electron chi connectivity index (χ4n) is 2.28. The first kappa shape index (κ1) is 11.3. The number of hydrogen-bond donors (Lipinski definition) is 2.